The topological polar surface area (TPSA) is 48.1 Å². The molecule has 2 N–H and O–H groups in total. The minimum absolute atomic E-state index is 0.117. The number of pyridine rings is 1. The molecule has 2 heterocycles. The molecule has 1 aliphatic rings. The van der Waals surface area contributed by atoms with E-state index >= 15 is 0 Å². The SMILES string of the molecule is N[C@@H]1COc2c(ccc3ncccc23)C1. The lowest BCUT2D eigenvalue weighted by Gasteiger charge is -2.23. The van der Waals surface area contributed by atoms with Gasteiger partial charge in [-0.3, -0.25) is 4.98 Å². The summed E-state index contributed by atoms with van der Waals surface area (Å²) in [6.07, 6.45) is 2.68. The Morgan fingerprint density at radius 1 is 1.33 bits per heavy atom. The number of ether oxygens (including phenoxy) is 1. The molecule has 3 rings (SSSR count). The van der Waals surface area contributed by atoms with Gasteiger partial charge in [0.25, 0.3) is 0 Å². The van der Waals surface area contributed by atoms with E-state index in [1.54, 1.807) is 6.20 Å². The van der Waals surface area contributed by atoms with Crippen LogP contribution >= 0.6 is 0 Å². The number of fused-ring (bicyclic) bond motifs is 3. The summed E-state index contributed by atoms with van der Waals surface area (Å²) < 4.78 is 5.68. The third kappa shape index (κ3) is 1.36. The van der Waals surface area contributed by atoms with Gasteiger partial charge in [-0.15, -0.1) is 0 Å². The monoisotopic (exact) mass is 200 g/mol. The van der Waals surface area contributed by atoms with Gasteiger partial charge < -0.3 is 10.5 Å². The fourth-order valence-electron chi connectivity index (χ4n) is 2.03. The van der Waals surface area contributed by atoms with Gasteiger partial charge in [0.05, 0.1) is 5.52 Å². The van der Waals surface area contributed by atoms with Crippen molar-refractivity contribution in [3.05, 3.63) is 36.0 Å². The van der Waals surface area contributed by atoms with Crippen molar-refractivity contribution in [2.45, 2.75) is 12.5 Å². The van der Waals surface area contributed by atoms with Gasteiger partial charge in [-0.05, 0) is 30.2 Å². The fourth-order valence-corrected chi connectivity index (χ4v) is 2.03. The molecule has 0 unspecified atom stereocenters. The van der Waals surface area contributed by atoms with Crippen molar-refractivity contribution < 1.29 is 4.74 Å². The van der Waals surface area contributed by atoms with E-state index in [-0.39, 0.29) is 6.04 Å². The molecule has 0 saturated heterocycles. The van der Waals surface area contributed by atoms with E-state index in [4.69, 9.17) is 10.5 Å². The first-order chi connectivity index (χ1) is 7.34. The zero-order chi connectivity index (χ0) is 10.3. The molecule has 15 heavy (non-hydrogen) atoms. The highest BCUT2D eigenvalue weighted by molar-refractivity contribution is 5.86. The zero-order valence-electron chi connectivity index (χ0n) is 8.31. The van der Waals surface area contributed by atoms with Gasteiger partial charge in [-0.2, -0.15) is 0 Å². The average Bonchev–Trinajstić information content (AvgIpc) is 2.28. The molecule has 1 atom stereocenters. The molecular weight excluding hydrogens is 188 g/mol. The third-order valence-electron chi connectivity index (χ3n) is 2.74. The van der Waals surface area contributed by atoms with E-state index in [9.17, 15) is 0 Å². The van der Waals surface area contributed by atoms with Gasteiger partial charge in [-0.25, -0.2) is 0 Å². The Balaban J connectivity index is 2.25. The Morgan fingerprint density at radius 2 is 2.27 bits per heavy atom. The number of hydrogen-bond acceptors (Lipinski definition) is 3. The van der Waals surface area contributed by atoms with Crippen molar-refractivity contribution in [2.75, 3.05) is 6.61 Å². The third-order valence-corrected chi connectivity index (χ3v) is 2.74. The maximum atomic E-state index is 5.85. The Kier molecular flexibility index (Phi) is 1.86. The van der Waals surface area contributed by atoms with Crippen LogP contribution in [0.3, 0.4) is 0 Å². The van der Waals surface area contributed by atoms with Crippen LogP contribution in [0.1, 0.15) is 5.56 Å². The minimum Gasteiger partial charge on any atom is -0.491 e. The lowest BCUT2D eigenvalue weighted by molar-refractivity contribution is 0.267. The standard InChI is InChI=1S/C12H12N2O/c13-9-6-8-3-4-11-10(2-1-5-14-11)12(8)15-7-9/h1-5,9H,6-7,13H2/t9-/m0/s1. The van der Waals surface area contributed by atoms with Crippen LogP contribution in [0.4, 0.5) is 0 Å². The van der Waals surface area contributed by atoms with Crippen molar-refractivity contribution in [3.8, 4) is 5.75 Å². The van der Waals surface area contributed by atoms with Crippen LogP contribution < -0.4 is 10.5 Å². The summed E-state index contributed by atoms with van der Waals surface area (Å²) in [5.41, 5.74) is 8.02. The number of rotatable bonds is 0. The maximum Gasteiger partial charge on any atom is 0.132 e. The molecular formula is C12H12N2O. The van der Waals surface area contributed by atoms with Gasteiger partial charge in [-0.1, -0.05) is 6.07 Å². The van der Waals surface area contributed by atoms with E-state index in [2.05, 4.69) is 11.1 Å². The van der Waals surface area contributed by atoms with Crippen molar-refractivity contribution in [2.24, 2.45) is 5.73 Å². The molecule has 3 nitrogen and oxygen atoms in total. The van der Waals surface area contributed by atoms with Gasteiger partial charge in [0, 0.05) is 17.6 Å². The average molecular weight is 200 g/mol. The van der Waals surface area contributed by atoms with Crippen LogP contribution in [-0.4, -0.2) is 17.6 Å². The van der Waals surface area contributed by atoms with E-state index in [0.717, 1.165) is 23.1 Å². The summed E-state index contributed by atoms with van der Waals surface area (Å²) in [7, 11) is 0. The smallest absolute Gasteiger partial charge is 0.132 e. The predicted octanol–water partition coefficient (Wildman–Crippen LogP) is 1.50. The summed E-state index contributed by atoms with van der Waals surface area (Å²) in [5.74, 6) is 0.960. The van der Waals surface area contributed by atoms with Crippen molar-refractivity contribution in [1.29, 1.82) is 0 Å². The molecule has 1 aliphatic heterocycles. The second-order valence-corrected chi connectivity index (χ2v) is 3.90. The number of benzene rings is 1. The summed E-state index contributed by atoms with van der Waals surface area (Å²) in [4.78, 5) is 4.30. The first-order valence-corrected chi connectivity index (χ1v) is 5.09. The van der Waals surface area contributed by atoms with Gasteiger partial charge in [0.15, 0.2) is 0 Å². The number of hydrogen-bond donors (Lipinski definition) is 1. The molecule has 1 aromatic carbocycles. The van der Waals surface area contributed by atoms with Crippen LogP contribution in [0, 0.1) is 0 Å². The highest BCUT2D eigenvalue weighted by Gasteiger charge is 2.18. The molecule has 0 aliphatic carbocycles. The molecule has 3 heteroatoms. The molecule has 0 radical (unpaired) electrons. The largest absolute Gasteiger partial charge is 0.491 e. The molecule has 76 valence electrons. The second kappa shape index (κ2) is 3.21. The van der Waals surface area contributed by atoms with Gasteiger partial charge in [0.1, 0.15) is 12.4 Å². The summed E-state index contributed by atoms with van der Waals surface area (Å²) in [6.45, 7) is 0.598. The maximum absolute atomic E-state index is 5.85. The van der Waals surface area contributed by atoms with E-state index in [1.807, 2.05) is 18.2 Å². The first kappa shape index (κ1) is 8.68. The van der Waals surface area contributed by atoms with E-state index in [1.165, 1.54) is 5.56 Å². The highest BCUT2D eigenvalue weighted by Crippen LogP contribution is 2.31. The second-order valence-electron chi connectivity index (χ2n) is 3.90. The Hall–Kier alpha value is -1.61. The van der Waals surface area contributed by atoms with Crippen molar-refractivity contribution in [1.82, 2.24) is 4.98 Å². The van der Waals surface area contributed by atoms with Crippen LogP contribution in [-0.2, 0) is 6.42 Å². The number of nitrogens with two attached hydrogens (primary N) is 1. The molecule has 0 bridgehead atoms. The summed E-state index contributed by atoms with van der Waals surface area (Å²) >= 11 is 0. The lowest BCUT2D eigenvalue weighted by Crippen LogP contribution is -2.33. The van der Waals surface area contributed by atoms with Crippen LogP contribution in [0.2, 0.25) is 0 Å². The van der Waals surface area contributed by atoms with E-state index < -0.39 is 0 Å². The molecule has 1 aromatic heterocycles. The van der Waals surface area contributed by atoms with Crippen molar-refractivity contribution >= 4 is 10.9 Å². The molecule has 0 saturated carbocycles. The summed E-state index contributed by atoms with van der Waals surface area (Å²) in [6, 6.07) is 8.17. The minimum atomic E-state index is 0.117. The van der Waals surface area contributed by atoms with Crippen molar-refractivity contribution in [3.63, 3.8) is 0 Å². The summed E-state index contributed by atoms with van der Waals surface area (Å²) in [5, 5.41) is 1.09. The molecule has 0 amide bonds. The quantitative estimate of drug-likeness (QED) is 0.701. The normalized spacial score (nSPS) is 19.7. The Labute approximate surface area is 87.9 Å². The zero-order valence-corrected chi connectivity index (χ0v) is 8.31. The molecule has 0 spiro atoms. The molecule has 2 aromatic rings. The Morgan fingerprint density at radius 3 is 3.20 bits per heavy atom. The first-order valence-electron chi connectivity index (χ1n) is 5.09. The van der Waals surface area contributed by atoms with Crippen LogP contribution in [0.25, 0.3) is 10.9 Å². The fraction of sp³-hybridized carbons (Fsp3) is 0.250. The van der Waals surface area contributed by atoms with Crippen LogP contribution in [0.15, 0.2) is 30.5 Å². The number of nitrogens with zero attached hydrogens (tertiary/aromatic N) is 1. The van der Waals surface area contributed by atoms with Crippen LogP contribution in [0.5, 0.6) is 5.75 Å². The predicted molar refractivity (Wildman–Crippen MR) is 58.9 cm³/mol. The molecule has 0 fully saturated rings. The number of aromatic nitrogens is 1. The highest BCUT2D eigenvalue weighted by atomic mass is 16.5. The lowest BCUT2D eigenvalue weighted by atomic mass is 10.0. The van der Waals surface area contributed by atoms with E-state index in [0.29, 0.717) is 6.61 Å². The van der Waals surface area contributed by atoms with Gasteiger partial charge >= 0.3 is 0 Å². The van der Waals surface area contributed by atoms with Gasteiger partial charge in [0.2, 0.25) is 0 Å². The Bertz CT molecular complexity index is 510.